The van der Waals surface area contributed by atoms with Crippen molar-refractivity contribution in [2.24, 2.45) is 11.8 Å². The fourth-order valence-corrected chi connectivity index (χ4v) is 6.42. The first kappa shape index (κ1) is 26.4. The van der Waals surface area contributed by atoms with E-state index in [9.17, 15) is 9.18 Å². The van der Waals surface area contributed by atoms with E-state index in [1.165, 1.54) is 6.42 Å². The van der Waals surface area contributed by atoms with Crippen LogP contribution in [-0.2, 0) is 4.74 Å². The molecule has 0 spiro atoms. The lowest BCUT2D eigenvalue weighted by molar-refractivity contribution is 0.0595. The highest BCUT2D eigenvalue weighted by molar-refractivity contribution is 6.32. The molecule has 37 heavy (non-hydrogen) atoms. The molecule has 1 aromatic heterocycles. The van der Waals surface area contributed by atoms with Crippen molar-refractivity contribution in [2.45, 2.75) is 57.0 Å². The predicted octanol–water partition coefficient (Wildman–Crippen LogP) is 4.82. The number of ether oxygens (including phenoxy) is 1. The van der Waals surface area contributed by atoms with Crippen LogP contribution in [0.15, 0.2) is 35.3 Å². The monoisotopic (exact) mass is 531 g/mol. The van der Waals surface area contributed by atoms with Crippen LogP contribution in [0.3, 0.4) is 0 Å². The van der Waals surface area contributed by atoms with Crippen LogP contribution >= 0.6 is 11.6 Å². The SMILES string of the molecule is CN1CCC(CN(c2ccc(F)cc2)C2CCC(n3ncc(NC[C@H]4CCCOC4)c(Cl)c3=O)CC2)C1. The molecule has 1 unspecified atom stereocenters. The largest absolute Gasteiger partial charge is 0.382 e. The molecule has 1 aliphatic carbocycles. The van der Waals surface area contributed by atoms with Crippen molar-refractivity contribution >= 4 is 23.0 Å². The Morgan fingerprint density at radius 2 is 1.92 bits per heavy atom. The summed E-state index contributed by atoms with van der Waals surface area (Å²) in [6, 6.07) is 7.30. The first-order chi connectivity index (χ1) is 18.0. The number of hydrogen-bond acceptors (Lipinski definition) is 6. The zero-order chi connectivity index (χ0) is 25.8. The van der Waals surface area contributed by atoms with Gasteiger partial charge in [0.25, 0.3) is 5.56 Å². The van der Waals surface area contributed by atoms with E-state index in [0.29, 0.717) is 23.6 Å². The molecule has 7 nitrogen and oxygen atoms in total. The summed E-state index contributed by atoms with van der Waals surface area (Å²) < 4.78 is 20.8. The number of nitrogens with one attached hydrogen (secondary N) is 1. The minimum Gasteiger partial charge on any atom is -0.382 e. The Kier molecular flexibility index (Phi) is 8.67. The van der Waals surface area contributed by atoms with E-state index in [-0.39, 0.29) is 22.4 Å². The van der Waals surface area contributed by atoms with E-state index in [1.54, 1.807) is 23.0 Å². The molecule has 1 N–H and O–H groups in total. The summed E-state index contributed by atoms with van der Waals surface area (Å²) in [6.07, 6.45) is 8.71. The second-order valence-corrected chi connectivity index (χ2v) is 11.5. The molecule has 3 heterocycles. The normalized spacial score (nSPS) is 26.8. The minimum atomic E-state index is -0.223. The number of halogens is 2. The van der Waals surface area contributed by atoms with E-state index in [4.69, 9.17) is 16.3 Å². The van der Waals surface area contributed by atoms with Gasteiger partial charge in [-0.1, -0.05) is 11.6 Å². The zero-order valence-electron chi connectivity index (χ0n) is 21.7. The molecule has 2 atom stereocenters. The van der Waals surface area contributed by atoms with E-state index in [1.807, 2.05) is 12.1 Å². The Morgan fingerprint density at radius 1 is 1.14 bits per heavy atom. The first-order valence-electron chi connectivity index (χ1n) is 13.8. The van der Waals surface area contributed by atoms with Gasteiger partial charge in [0.15, 0.2) is 0 Å². The molecule has 3 fully saturated rings. The third-order valence-electron chi connectivity index (χ3n) is 8.33. The summed E-state index contributed by atoms with van der Waals surface area (Å²) in [6.45, 7) is 5.50. The summed E-state index contributed by atoms with van der Waals surface area (Å²) in [5.74, 6) is 0.827. The van der Waals surface area contributed by atoms with Gasteiger partial charge in [0.05, 0.1) is 24.5 Å². The number of aromatic nitrogens is 2. The lowest BCUT2D eigenvalue weighted by Crippen LogP contribution is -2.43. The summed E-state index contributed by atoms with van der Waals surface area (Å²) in [7, 11) is 2.18. The van der Waals surface area contributed by atoms with Crippen LogP contribution in [0.4, 0.5) is 15.8 Å². The average Bonchev–Trinajstić information content (AvgIpc) is 3.34. The van der Waals surface area contributed by atoms with Crippen LogP contribution in [0.5, 0.6) is 0 Å². The molecule has 202 valence electrons. The van der Waals surface area contributed by atoms with Crippen LogP contribution in [0, 0.1) is 17.7 Å². The molecule has 0 bridgehead atoms. The van der Waals surface area contributed by atoms with Crippen molar-refractivity contribution in [3.63, 3.8) is 0 Å². The van der Waals surface area contributed by atoms with Crippen LogP contribution in [0.2, 0.25) is 5.02 Å². The summed E-state index contributed by atoms with van der Waals surface area (Å²) in [5.41, 5.74) is 1.46. The summed E-state index contributed by atoms with van der Waals surface area (Å²) in [4.78, 5) is 18.0. The molecule has 0 amide bonds. The van der Waals surface area contributed by atoms with E-state index < -0.39 is 0 Å². The third-order valence-corrected chi connectivity index (χ3v) is 8.70. The molecule has 2 aromatic rings. The Hall–Kier alpha value is -2.16. The first-order valence-corrected chi connectivity index (χ1v) is 14.2. The molecule has 2 aliphatic heterocycles. The van der Waals surface area contributed by atoms with Gasteiger partial charge < -0.3 is 19.9 Å². The Bertz CT molecular complexity index is 1080. The molecular formula is C28H39ClFN5O2. The maximum absolute atomic E-state index is 13.6. The third kappa shape index (κ3) is 6.47. The Morgan fingerprint density at radius 3 is 2.59 bits per heavy atom. The van der Waals surface area contributed by atoms with E-state index in [2.05, 4.69) is 27.3 Å². The molecule has 0 radical (unpaired) electrons. The molecule has 3 aliphatic rings. The van der Waals surface area contributed by atoms with Gasteiger partial charge in [-0.25, -0.2) is 9.07 Å². The second-order valence-electron chi connectivity index (χ2n) is 11.1. The minimum absolute atomic E-state index is 0.0368. The number of rotatable bonds is 8. The van der Waals surface area contributed by atoms with Gasteiger partial charge in [-0.15, -0.1) is 0 Å². The maximum atomic E-state index is 13.6. The fraction of sp³-hybridized carbons (Fsp3) is 0.643. The number of anilines is 2. The number of hydrogen-bond donors (Lipinski definition) is 1. The lowest BCUT2D eigenvalue weighted by Gasteiger charge is -2.40. The van der Waals surface area contributed by atoms with Crippen molar-refractivity contribution in [3.8, 4) is 0 Å². The fourth-order valence-electron chi connectivity index (χ4n) is 6.22. The number of nitrogens with zero attached hydrogens (tertiary/aromatic N) is 4. The van der Waals surface area contributed by atoms with Crippen LogP contribution in [-0.4, -0.2) is 67.2 Å². The number of benzene rings is 1. The van der Waals surface area contributed by atoms with Gasteiger partial charge in [-0.2, -0.15) is 5.10 Å². The lowest BCUT2D eigenvalue weighted by atomic mass is 9.89. The highest BCUT2D eigenvalue weighted by Crippen LogP contribution is 2.34. The van der Waals surface area contributed by atoms with Crippen molar-refractivity contribution in [2.75, 3.05) is 56.7 Å². The smallest absolute Gasteiger partial charge is 0.287 e. The van der Waals surface area contributed by atoms with E-state index >= 15 is 0 Å². The van der Waals surface area contributed by atoms with Crippen LogP contribution in [0.25, 0.3) is 0 Å². The molecule has 1 aromatic carbocycles. The van der Waals surface area contributed by atoms with Gasteiger partial charge in [0.1, 0.15) is 10.8 Å². The summed E-state index contributed by atoms with van der Waals surface area (Å²) in [5, 5.41) is 8.05. The summed E-state index contributed by atoms with van der Waals surface area (Å²) >= 11 is 6.50. The van der Waals surface area contributed by atoms with Gasteiger partial charge in [-0.3, -0.25) is 4.79 Å². The second kappa shape index (κ2) is 12.1. The van der Waals surface area contributed by atoms with Gasteiger partial charge >= 0.3 is 0 Å². The number of likely N-dealkylation sites (tertiary alicyclic amines) is 1. The molecule has 1 saturated carbocycles. The highest BCUT2D eigenvalue weighted by atomic mass is 35.5. The van der Waals surface area contributed by atoms with Crippen LogP contribution < -0.4 is 15.8 Å². The Labute approximate surface area is 223 Å². The van der Waals surface area contributed by atoms with E-state index in [0.717, 1.165) is 83.6 Å². The average molecular weight is 532 g/mol. The Balaban J connectivity index is 1.23. The highest BCUT2D eigenvalue weighted by Gasteiger charge is 2.31. The van der Waals surface area contributed by atoms with Crippen molar-refractivity contribution < 1.29 is 9.13 Å². The zero-order valence-corrected chi connectivity index (χ0v) is 22.5. The predicted molar refractivity (Wildman–Crippen MR) is 146 cm³/mol. The molecule has 2 saturated heterocycles. The van der Waals surface area contributed by atoms with Crippen molar-refractivity contribution in [1.29, 1.82) is 0 Å². The standard InChI is InChI=1S/C28H39ClFN5O2/c1-33-13-12-21(17-33)18-34(23-6-4-22(30)5-7-23)24-8-10-25(11-9-24)35-28(36)27(29)26(16-32-35)31-15-20-3-2-14-37-19-20/h4-7,16,20-21,24-25,31H,2-3,8-15,17-19H2,1H3/t20-,21?,24?,25?/m1/s1. The van der Waals surface area contributed by atoms with Gasteiger partial charge in [-0.05, 0) is 94.6 Å². The molecule has 9 heteroatoms. The quantitative estimate of drug-likeness (QED) is 0.527. The van der Waals surface area contributed by atoms with Crippen molar-refractivity contribution in [3.05, 3.63) is 51.7 Å². The van der Waals surface area contributed by atoms with Crippen molar-refractivity contribution in [1.82, 2.24) is 14.7 Å². The van der Waals surface area contributed by atoms with Gasteiger partial charge in [0, 0.05) is 38.0 Å². The maximum Gasteiger partial charge on any atom is 0.287 e. The molecule has 5 rings (SSSR count). The topological polar surface area (TPSA) is 62.6 Å². The van der Waals surface area contributed by atoms with Gasteiger partial charge in [0.2, 0.25) is 0 Å². The van der Waals surface area contributed by atoms with Crippen LogP contribution in [0.1, 0.15) is 51.0 Å². The molecular weight excluding hydrogens is 493 g/mol.